The Kier molecular flexibility index (Phi) is 7.59. The van der Waals surface area contributed by atoms with Crippen molar-refractivity contribution in [2.75, 3.05) is 32.1 Å². The predicted molar refractivity (Wildman–Crippen MR) is 109 cm³/mol. The van der Waals surface area contributed by atoms with Gasteiger partial charge in [-0.1, -0.05) is 23.2 Å². The maximum atomic E-state index is 13.0. The number of aliphatic hydroxyl groups excluding tert-OH is 1. The zero-order chi connectivity index (χ0) is 21.0. The maximum absolute atomic E-state index is 13.0. The van der Waals surface area contributed by atoms with E-state index in [2.05, 4.69) is 10.6 Å². The number of hydrogen-bond donors (Lipinski definition) is 3. The van der Waals surface area contributed by atoms with Crippen LogP contribution in [0.1, 0.15) is 19.3 Å². The van der Waals surface area contributed by atoms with Gasteiger partial charge >= 0.3 is 6.03 Å². The first kappa shape index (κ1) is 22.1. The van der Waals surface area contributed by atoms with Crippen LogP contribution in [0.15, 0.2) is 18.2 Å². The van der Waals surface area contributed by atoms with Crippen molar-refractivity contribution in [3.8, 4) is 0 Å². The molecule has 0 aromatic heterocycles. The fourth-order valence-electron chi connectivity index (χ4n) is 3.65. The van der Waals surface area contributed by atoms with Crippen molar-refractivity contribution in [1.29, 1.82) is 0 Å². The SMILES string of the molecule is CNC(=O)C[C@H]1CC[C@@H]2[C@H](COC[C@H](O)CN2C(=O)Nc2ccc(Cl)c(Cl)c2)O1. The average molecular weight is 446 g/mol. The standard InChI is InChI=1S/C19H25Cl2N3O5/c1-22-18(26)7-13-3-5-16-17(29-13)10-28-9-12(25)8-24(16)19(27)23-11-2-4-14(20)15(21)6-11/h2,4,6,12-13,16-17,25H,3,5,7-10H2,1H3,(H,22,26)(H,23,27)/t12-,13-,16-,17+/m1/s1. The molecule has 29 heavy (non-hydrogen) atoms. The molecule has 0 radical (unpaired) electrons. The van der Waals surface area contributed by atoms with Gasteiger partial charge in [0.25, 0.3) is 0 Å². The Morgan fingerprint density at radius 2 is 2.03 bits per heavy atom. The van der Waals surface area contributed by atoms with Crippen LogP contribution in [0.2, 0.25) is 10.0 Å². The molecule has 0 aliphatic carbocycles. The van der Waals surface area contributed by atoms with Crippen molar-refractivity contribution < 1.29 is 24.2 Å². The molecular formula is C19H25Cl2N3O5. The van der Waals surface area contributed by atoms with Gasteiger partial charge in [0, 0.05) is 12.7 Å². The molecule has 2 aliphatic heterocycles. The first-order valence-electron chi connectivity index (χ1n) is 9.52. The third-order valence-corrected chi connectivity index (χ3v) is 5.84. The van der Waals surface area contributed by atoms with Gasteiger partial charge in [0.2, 0.25) is 5.91 Å². The monoisotopic (exact) mass is 445 g/mol. The van der Waals surface area contributed by atoms with Gasteiger partial charge in [0.1, 0.15) is 6.10 Å². The van der Waals surface area contributed by atoms with Gasteiger partial charge in [-0.25, -0.2) is 4.79 Å². The molecule has 0 unspecified atom stereocenters. The Labute approximate surface area is 179 Å². The molecule has 4 atom stereocenters. The number of amides is 3. The molecule has 160 valence electrons. The summed E-state index contributed by atoms with van der Waals surface area (Å²) in [5.41, 5.74) is 0.503. The minimum atomic E-state index is -0.806. The Morgan fingerprint density at radius 3 is 2.76 bits per heavy atom. The van der Waals surface area contributed by atoms with Crippen LogP contribution in [0.3, 0.4) is 0 Å². The third kappa shape index (κ3) is 5.73. The van der Waals surface area contributed by atoms with Crippen LogP contribution in [-0.2, 0) is 14.3 Å². The molecule has 0 spiro atoms. The summed E-state index contributed by atoms with van der Waals surface area (Å²) in [6.45, 7) is 0.448. The van der Waals surface area contributed by atoms with Crippen molar-refractivity contribution in [3.63, 3.8) is 0 Å². The minimum absolute atomic E-state index is 0.0927. The second kappa shape index (κ2) is 9.95. The van der Waals surface area contributed by atoms with Crippen LogP contribution in [0.25, 0.3) is 0 Å². The number of urea groups is 1. The molecule has 1 aromatic carbocycles. The molecule has 2 heterocycles. The second-order valence-electron chi connectivity index (χ2n) is 7.22. The summed E-state index contributed by atoms with van der Waals surface area (Å²) in [5.74, 6) is -0.0927. The zero-order valence-electron chi connectivity index (χ0n) is 16.1. The van der Waals surface area contributed by atoms with Gasteiger partial charge in [-0.2, -0.15) is 0 Å². The number of ether oxygens (including phenoxy) is 2. The molecule has 0 saturated carbocycles. The van der Waals surface area contributed by atoms with E-state index in [0.717, 1.165) is 0 Å². The van der Waals surface area contributed by atoms with Crippen LogP contribution >= 0.6 is 23.2 Å². The van der Waals surface area contributed by atoms with Gasteiger partial charge in [-0.15, -0.1) is 0 Å². The van der Waals surface area contributed by atoms with E-state index in [4.69, 9.17) is 32.7 Å². The number of hydrogen-bond acceptors (Lipinski definition) is 5. The fraction of sp³-hybridized carbons (Fsp3) is 0.579. The molecular weight excluding hydrogens is 421 g/mol. The molecule has 1 aromatic rings. The molecule has 2 aliphatic rings. The summed E-state index contributed by atoms with van der Waals surface area (Å²) in [6, 6.07) is 4.18. The number of β-amino-alcohol motifs (C(OH)–C–C–N with tert-alkyl or cyclic N) is 1. The van der Waals surface area contributed by atoms with E-state index >= 15 is 0 Å². The van der Waals surface area contributed by atoms with E-state index in [1.165, 1.54) is 0 Å². The first-order valence-corrected chi connectivity index (χ1v) is 10.3. The lowest BCUT2D eigenvalue weighted by Gasteiger charge is -2.44. The van der Waals surface area contributed by atoms with Crippen molar-refractivity contribution in [2.24, 2.45) is 0 Å². The van der Waals surface area contributed by atoms with E-state index in [9.17, 15) is 14.7 Å². The van der Waals surface area contributed by atoms with Crippen molar-refractivity contribution in [1.82, 2.24) is 10.2 Å². The summed E-state index contributed by atoms with van der Waals surface area (Å²) in [4.78, 5) is 26.3. The van der Waals surface area contributed by atoms with E-state index in [-0.39, 0.29) is 56.4 Å². The predicted octanol–water partition coefficient (Wildman–Crippen LogP) is 2.27. The molecule has 8 nitrogen and oxygen atoms in total. The van der Waals surface area contributed by atoms with Crippen LogP contribution < -0.4 is 10.6 Å². The molecule has 3 amide bonds. The van der Waals surface area contributed by atoms with Crippen molar-refractivity contribution in [2.45, 2.75) is 43.6 Å². The van der Waals surface area contributed by atoms with Gasteiger partial charge < -0.3 is 30.1 Å². The summed E-state index contributed by atoms with van der Waals surface area (Å²) in [6.07, 6.45) is 0.102. The fourth-order valence-corrected chi connectivity index (χ4v) is 3.95. The Balaban J connectivity index is 1.73. The quantitative estimate of drug-likeness (QED) is 0.662. The van der Waals surface area contributed by atoms with E-state index in [1.807, 2.05) is 0 Å². The summed E-state index contributed by atoms with van der Waals surface area (Å²) in [7, 11) is 1.59. The minimum Gasteiger partial charge on any atom is -0.389 e. The van der Waals surface area contributed by atoms with Gasteiger partial charge in [-0.3, -0.25) is 4.79 Å². The number of anilines is 1. The van der Waals surface area contributed by atoms with Crippen molar-refractivity contribution in [3.05, 3.63) is 28.2 Å². The highest BCUT2D eigenvalue weighted by Crippen LogP contribution is 2.29. The summed E-state index contributed by atoms with van der Waals surface area (Å²) >= 11 is 12.0. The average Bonchev–Trinajstić information content (AvgIpc) is 2.68. The number of nitrogens with zero attached hydrogens (tertiary/aromatic N) is 1. The Morgan fingerprint density at radius 1 is 1.24 bits per heavy atom. The molecule has 2 fully saturated rings. The highest BCUT2D eigenvalue weighted by Gasteiger charge is 2.40. The van der Waals surface area contributed by atoms with E-state index < -0.39 is 6.10 Å². The van der Waals surface area contributed by atoms with E-state index in [1.54, 1.807) is 30.1 Å². The zero-order valence-corrected chi connectivity index (χ0v) is 17.6. The highest BCUT2D eigenvalue weighted by molar-refractivity contribution is 6.42. The number of carbonyl (C=O) groups is 2. The number of rotatable bonds is 3. The maximum Gasteiger partial charge on any atom is 0.322 e. The lowest BCUT2D eigenvalue weighted by Crippen LogP contribution is -2.58. The van der Waals surface area contributed by atoms with E-state index in [0.29, 0.717) is 28.6 Å². The summed E-state index contributed by atoms with van der Waals surface area (Å²) in [5, 5.41) is 16.3. The largest absolute Gasteiger partial charge is 0.389 e. The normalized spacial score (nSPS) is 27.4. The smallest absolute Gasteiger partial charge is 0.322 e. The van der Waals surface area contributed by atoms with Crippen molar-refractivity contribution >= 4 is 40.8 Å². The molecule has 2 saturated heterocycles. The lowest BCUT2D eigenvalue weighted by molar-refractivity contribution is -0.149. The number of aliphatic hydroxyl groups is 1. The van der Waals surface area contributed by atoms with Crippen LogP contribution in [0.5, 0.6) is 0 Å². The number of benzene rings is 1. The van der Waals surface area contributed by atoms with Gasteiger partial charge in [0.15, 0.2) is 0 Å². The highest BCUT2D eigenvalue weighted by atomic mass is 35.5. The Bertz CT molecular complexity index is 751. The third-order valence-electron chi connectivity index (χ3n) is 5.10. The molecule has 0 bridgehead atoms. The number of halogens is 2. The first-order chi connectivity index (χ1) is 13.9. The van der Waals surface area contributed by atoms with Gasteiger partial charge in [0.05, 0.1) is 54.5 Å². The topological polar surface area (TPSA) is 100 Å². The van der Waals surface area contributed by atoms with Crippen LogP contribution in [-0.4, -0.2) is 73.1 Å². The number of nitrogens with one attached hydrogen (secondary N) is 2. The van der Waals surface area contributed by atoms with Gasteiger partial charge in [-0.05, 0) is 31.0 Å². The van der Waals surface area contributed by atoms with Crippen LogP contribution in [0.4, 0.5) is 10.5 Å². The Hall–Kier alpha value is -1.58. The molecule has 10 heteroatoms. The van der Waals surface area contributed by atoms with Crippen LogP contribution in [0, 0.1) is 0 Å². The number of carbonyl (C=O) groups excluding carboxylic acids is 2. The molecule has 3 rings (SSSR count). The molecule has 3 N–H and O–H groups in total. The second-order valence-corrected chi connectivity index (χ2v) is 8.04. The number of fused-ring (bicyclic) bond motifs is 1. The lowest BCUT2D eigenvalue weighted by atomic mass is 9.95. The summed E-state index contributed by atoms with van der Waals surface area (Å²) < 4.78 is 11.6.